The van der Waals surface area contributed by atoms with Crippen molar-refractivity contribution in [3.8, 4) is 5.75 Å². The molecule has 110 valence electrons. The third kappa shape index (κ3) is 4.91. The molecule has 0 aliphatic heterocycles. The Labute approximate surface area is 117 Å². The van der Waals surface area contributed by atoms with Gasteiger partial charge in [-0.15, -0.1) is 12.4 Å². The summed E-state index contributed by atoms with van der Waals surface area (Å²) < 4.78 is 42.7. The lowest BCUT2D eigenvalue weighted by molar-refractivity contribution is -0.137. The van der Waals surface area contributed by atoms with E-state index in [1.54, 1.807) is 0 Å². The van der Waals surface area contributed by atoms with Crippen LogP contribution in [-0.2, 0) is 6.18 Å². The molecule has 0 bridgehead atoms. The molecule has 0 aliphatic carbocycles. The van der Waals surface area contributed by atoms with Gasteiger partial charge < -0.3 is 10.5 Å². The largest absolute Gasteiger partial charge is 0.496 e. The first-order chi connectivity index (χ1) is 8.25. The molecule has 0 saturated heterocycles. The van der Waals surface area contributed by atoms with Crippen molar-refractivity contribution in [3.05, 3.63) is 29.3 Å². The van der Waals surface area contributed by atoms with Gasteiger partial charge >= 0.3 is 6.18 Å². The van der Waals surface area contributed by atoms with Crippen LogP contribution in [-0.4, -0.2) is 7.11 Å². The van der Waals surface area contributed by atoms with E-state index < -0.39 is 11.7 Å². The Kier molecular flexibility index (Phi) is 6.66. The summed E-state index contributed by atoms with van der Waals surface area (Å²) in [6, 6.07) is 3.12. The quantitative estimate of drug-likeness (QED) is 0.905. The van der Waals surface area contributed by atoms with E-state index >= 15 is 0 Å². The first-order valence-corrected chi connectivity index (χ1v) is 5.76. The summed E-state index contributed by atoms with van der Waals surface area (Å²) in [6.45, 7) is 4.02. The minimum atomic E-state index is -4.37. The van der Waals surface area contributed by atoms with Gasteiger partial charge in [0.05, 0.1) is 12.7 Å². The molecule has 0 aromatic heterocycles. The van der Waals surface area contributed by atoms with Crippen molar-refractivity contribution in [1.29, 1.82) is 0 Å². The maximum atomic E-state index is 12.6. The summed E-state index contributed by atoms with van der Waals surface area (Å²) in [4.78, 5) is 0. The fourth-order valence-electron chi connectivity index (χ4n) is 1.83. The molecule has 0 fully saturated rings. The van der Waals surface area contributed by atoms with Gasteiger partial charge in [-0.05, 0) is 24.5 Å². The molecule has 1 aromatic carbocycles. The maximum Gasteiger partial charge on any atom is 0.416 e. The molecule has 1 rings (SSSR count). The smallest absolute Gasteiger partial charge is 0.416 e. The Hall–Kier alpha value is -0.940. The molecular formula is C13H19ClF3NO. The Morgan fingerprint density at radius 2 is 1.84 bits per heavy atom. The van der Waals surface area contributed by atoms with E-state index in [4.69, 9.17) is 10.5 Å². The van der Waals surface area contributed by atoms with E-state index in [-0.39, 0.29) is 24.2 Å². The molecule has 0 saturated carbocycles. The number of halogens is 4. The fourth-order valence-corrected chi connectivity index (χ4v) is 1.83. The van der Waals surface area contributed by atoms with Gasteiger partial charge in [-0.2, -0.15) is 13.2 Å². The van der Waals surface area contributed by atoms with Crippen LogP contribution in [0.3, 0.4) is 0 Å². The van der Waals surface area contributed by atoms with Crippen LogP contribution in [0.1, 0.15) is 37.4 Å². The summed E-state index contributed by atoms with van der Waals surface area (Å²) >= 11 is 0. The van der Waals surface area contributed by atoms with Crippen LogP contribution in [0.15, 0.2) is 18.2 Å². The normalized spacial score (nSPS) is 13.1. The summed E-state index contributed by atoms with van der Waals surface area (Å²) in [5.74, 6) is 0.560. The summed E-state index contributed by atoms with van der Waals surface area (Å²) in [6.07, 6.45) is -3.67. The van der Waals surface area contributed by atoms with Gasteiger partial charge in [0, 0.05) is 11.6 Å². The molecule has 0 unspecified atom stereocenters. The zero-order chi connectivity index (χ0) is 13.9. The summed E-state index contributed by atoms with van der Waals surface area (Å²) in [7, 11) is 1.35. The molecule has 0 aliphatic rings. The van der Waals surface area contributed by atoms with Gasteiger partial charge in [-0.1, -0.05) is 19.9 Å². The van der Waals surface area contributed by atoms with Crippen molar-refractivity contribution in [2.24, 2.45) is 11.7 Å². The van der Waals surface area contributed by atoms with Crippen LogP contribution >= 0.6 is 12.4 Å². The average molecular weight is 298 g/mol. The van der Waals surface area contributed by atoms with Crippen molar-refractivity contribution in [1.82, 2.24) is 0 Å². The number of hydrogen-bond donors (Lipinski definition) is 1. The molecular weight excluding hydrogens is 279 g/mol. The van der Waals surface area contributed by atoms with E-state index in [2.05, 4.69) is 0 Å². The lowest BCUT2D eigenvalue weighted by Crippen LogP contribution is -2.15. The monoisotopic (exact) mass is 297 g/mol. The van der Waals surface area contributed by atoms with E-state index in [1.807, 2.05) is 13.8 Å². The van der Waals surface area contributed by atoms with Gasteiger partial charge in [0.25, 0.3) is 0 Å². The number of hydrogen-bond acceptors (Lipinski definition) is 2. The highest BCUT2D eigenvalue weighted by Crippen LogP contribution is 2.35. The van der Waals surface area contributed by atoms with Crippen molar-refractivity contribution in [2.75, 3.05) is 7.11 Å². The molecule has 1 aromatic rings. The average Bonchev–Trinajstić information content (AvgIpc) is 2.26. The molecule has 6 heteroatoms. The number of nitrogens with two attached hydrogens (primary N) is 1. The van der Waals surface area contributed by atoms with Gasteiger partial charge in [0.2, 0.25) is 0 Å². The Bertz CT molecular complexity index is 407. The Balaban J connectivity index is 0.00000324. The lowest BCUT2D eigenvalue weighted by atomic mass is 9.96. The number of alkyl halides is 3. The van der Waals surface area contributed by atoms with Crippen molar-refractivity contribution < 1.29 is 17.9 Å². The zero-order valence-corrected chi connectivity index (χ0v) is 11.9. The Morgan fingerprint density at radius 1 is 1.26 bits per heavy atom. The first kappa shape index (κ1) is 18.1. The maximum absolute atomic E-state index is 12.6. The van der Waals surface area contributed by atoms with Crippen LogP contribution in [0.4, 0.5) is 13.2 Å². The predicted octanol–water partition coefficient (Wildman–Crippen LogP) is 4.18. The minimum absolute atomic E-state index is 0. The minimum Gasteiger partial charge on any atom is -0.496 e. The van der Waals surface area contributed by atoms with E-state index in [0.717, 1.165) is 12.1 Å². The second kappa shape index (κ2) is 7.01. The third-order valence-electron chi connectivity index (χ3n) is 2.69. The third-order valence-corrected chi connectivity index (χ3v) is 2.69. The summed E-state index contributed by atoms with van der Waals surface area (Å²) in [5.41, 5.74) is 5.86. The van der Waals surface area contributed by atoms with Crippen LogP contribution < -0.4 is 10.5 Å². The van der Waals surface area contributed by atoms with Crippen molar-refractivity contribution in [3.63, 3.8) is 0 Å². The number of methoxy groups -OCH3 is 1. The van der Waals surface area contributed by atoms with Crippen LogP contribution in [0.2, 0.25) is 0 Å². The Morgan fingerprint density at radius 3 is 2.26 bits per heavy atom. The highest BCUT2D eigenvalue weighted by molar-refractivity contribution is 5.85. The van der Waals surface area contributed by atoms with Gasteiger partial charge in [0.1, 0.15) is 5.75 Å². The molecule has 19 heavy (non-hydrogen) atoms. The molecule has 2 nitrogen and oxygen atoms in total. The van der Waals surface area contributed by atoms with Gasteiger partial charge in [-0.3, -0.25) is 0 Å². The van der Waals surface area contributed by atoms with Crippen LogP contribution in [0.5, 0.6) is 5.75 Å². The predicted molar refractivity (Wildman–Crippen MR) is 71.6 cm³/mol. The SMILES string of the molecule is COc1cc(C(F)(F)F)ccc1[C@H](N)CC(C)C.Cl. The van der Waals surface area contributed by atoms with Gasteiger partial charge in [-0.25, -0.2) is 0 Å². The topological polar surface area (TPSA) is 35.2 Å². The molecule has 0 spiro atoms. The number of rotatable bonds is 4. The van der Waals surface area contributed by atoms with Crippen LogP contribution in [0, 0.1) is 5.92 Å². The second-order valence-electron chi connectivity index (χ2n) is 4.69. The molecule has 2 N–H and O–H groups in total. The number of benzene rings is 1. The number of ether oxygens (including phenoxy) is 1. The van der Waals surface area contributed by atoms with Crippen molar-refractivity contribution >= 4 is 12.4 Å². The van der Waals surface area contributed by atoms with Crippen LogP contribution in [0.25, 0.3) is 0 Å². The molecule has 0 heterocycles. The lowest BCUT2D eigenvalue weighted by Gasteiger charge is -2.19. The highest BCUT2D eigenvalue weighted by Gasteiger charge is 2.31. The second-order valence-corrected chi connectivity index (χ2v) is 4.69. The highest BCUT2D eigenvalue weighted by atomic mass is 35.5. The fraction of sp³-hybridized carbons (Fsp3) is 0.538. The van der Waals surface area contributed by atoms with Gasteiger partial charge in [0.15, 0.2) is 0 Å². The molecule has 0 amide bonds. The van der Waals surface area contributed by atoms with E-state index in [1.165, 1.54) is 13.2 Å². The zero-order valence-electron chi connectivity index (χ0n) is 11.1. The van der Waals surface area contributed by atoms with Crippen molar-refractivity contribution in [2.45, 2.75) is 32.5 Å². The summed E-state index contributed by atoms with van der Waals surface area (Å²) in [5, 5.41) is 0. The first-order valence-electron chi connectivity index (χ1n) is 5.76. The van der Waals surface area contributed by atoms with E-state index in [9.17, 15) is 13.2 Å². The van der Waals surface area contributed by atoms with E-state index in [0.29, 0.717) is 17.9 Å². The molecule has 1 atom stereocenters. The standard InChI is InChI=1S/C13H18F3NO.ClH/c1-8(2)6-11(17)10-5-4-9(13(14,15)16)7-12(10)18-3;/h4-5,7-8,11H,6,17H2,1-3H3;1H/t11-;/m1./s1. The molecule has 0 radical (unpaired) electrons.